The number of aromatic nitrogens is 1. The lowest BCUT2D eigenvalue weighted by molar-refractivity contribution is -0.308. The Balaban J connectivity index is 1.54. The van der Waals surface area contributed by atoms with Crippen LogP contribution < -0.4 is 20.8 Å². The van der Waals surface area contributed by atoms with Gasteiger partial charge in [-0.05, 0) is 67.8 Å². The molecule has 0 unspecified atom stereocenters. The first-order chi connectivity index (χ1) is 16.1. The van der Waals surface area contributed by atoms with Gasteiger partial charge in [0, 0.05) is 29.6 Å². The number of carbonyl (C=O) groups excluding carboxylic acids is 2. The maximum atomic E-state index is 12.8. The van der Waals surface area contributed by atoms with E-state index in [4.69, 9.17) is 9.15 Å². The Morgan fingerprint density at radius 3 is 2.71 bits per heavy atom. The van der Waals surface area contributed by atoms with Gasteiger partial charge in [0.25, 0.3) is 5.91 Å². The summed E-state index contributed by atoms with van der Waals surface area (Å²) in [7, 11) is 0. The zero-order valence-corrected chi connectivity index (χ0v) is 18.8. The van der Waals surface area contributed by atoms with Gasteiger partial charge in [-0.1, -0.05) is 0 Å². The third-order valence-electron chi connectivity index (χ3n) is 5.60. The molecule has 3 N–H and O–H groups in total. The van der Waals surface area contributed by atoms with Gasteiger partial charge in [0.05, 0.1) is 17.4 Å². The first-order valence-electron chi connectivity index (χ1n) is 10.6. The number of carboxylic acid groups (broad SMARTS) is 1. The van der Waals surface area contributed by atoms with E-state index < -0.39 is 29.6 Å². The molecule has 0 radical (unpaired) electrons. The second kappa shape index (κ2) is 8.93. The molecule has 1 amide bonds. The molecule has 0 aliphatic carbocycles. The Kier molecular flexibility index (Phi) is 6.02. The van der Waals surface area contributed by atoms with Crippen LogP contribution in [0.4, 0.5) is 0 Å². The highest BCUT2D eigenvalue weighted by Crippen LogP contribution is 2.30. The lowest BCUT2D eigenvalue weighted by Crippen LogP contribution is -2.52. The van der Waals surface area contributed by atoms with Crippen LogP contribution in [-0.2, 0) is 16.0 Å². The van der Waals surface area contributed by atoms with Crippen LogP contribution >= 0.6 is 0 Å². The molecule has 2 aromatic carbocycles. The number of aromatic hydroxyl groups is 1. The monoisotopic (exact) mass is 463 g/mol. The molecule has 0 saturated carbocycles. The van der Waals surface area contributed by atoms with Crippen LogP contribution in [0.1, 0.15) is 23.6 Å². The molecule has 2 atom stereocenters. The van der Waals surface area contributed by atoms with E-state index in [0.717, 1.165) is 11.1 Å². The Labute approximate surface area is 194 Å². The molecule has 0 spiro atoms. The Morgan fingerprint density at radius 2 is 1.97 bits per heavy atom. The van der Waals surface area contributed by atoms with Crippen molar-refractivity contribution in [3.8, 4) is 11.5 Å². The minimum Gasteiger partial charge on any atom is -0.548 e. The molecular weight excluding hydrogens is 440 g/mol. The van der Waals surface area contributed by atoms with E-state index >= 15 is 0 Å². The van der Waals surface area contributed by atoms with Crippen LogP contribution in [-0.4, -0.2) is 34.1 Å². The van der Waals surface area contributed by atoms with Crippen molar-refractivity contribution in [1.29, 1.82) is 0 Å². The molecule has 9 heteroatoms. The highest BCUT2D eigenvalue weighted by Gasteiger charge is 2.23. The number of phenols is 1. The molecule has 0 saturated heterocycles. The number of H-pyrrole nitrogens is 1. The molecule has 9 nitrogen and oxygen atoms in total. The zero-order chi connectivity index (χ0) is 24.6. The summed E-state index contributed by atoms with van der Waals surface area (Å²) in [6, 6.07) is 8.13. The number of hydrogen-bond acceptors (Lipinski definition) is 7. The normalized spacial score (nSPS) is 13.0. The summed E-state index contributed by atoms with van der Waals surface area (Å²) >= 11 is 0. The molecule has 4 rings (SSSR count). The smallest absolute Gasteiger partial charge is 0.336 e. The fraction of sp³-hybridized carbons (Fsp3) is 0.240. The van der Waals surface area contributed by atoms with Gasteiger partial charge in [-0.2, -0.15) is 0 Å². The van der Waals surface area contributed by atoms with Gasteiger partial charge in [-0.3, -0.25) is 4.79 Å². The van der Waals surface area contributed by atoms with Crippen molar-refractivity contribution in [2.75, 3.05) is 0 Å². The van der Waals surface area contributed by atoms with Crippen molar-refractivity contribution >= 4 is 33.7 Å². The van der Waals surface area contributed by atoms with E-state index in [1.54, 1.807) is 38.2 Å². The Hall–Kier alpha value is -4.27. The second-order valence-corrected chi connectivity index (χ2v) is 8.27. The molecule has 0 fully saturated rings. The third kappa shape index (κ3) is 4.59. The van der Waals surface area contributed by atoms with Crippen LogP contribution in [0.5, 0.6) is 11.5 Å². The summed E-state index contributed by atoms with van der Waals surface area (Å²) in [4.78, 5) is 39.3. The number of phenolic OH excluding ortho intramolecular Hbond substituents is 1. The van der Waals surface area contributed by atoms with Crippen molar-refractivity contribution in [2.45, 2.75) is 39.3 Å². The molecular formula is C25H23N2O7-. The van der Waals surface area contributed by atoms with Crippen LogP contribution in [0.15, 0.2) is 51.8 Å². The SMILES string of the molecule is Cc1cc(O[C@@H](C)C(=O)N[C@@H](Cc2c[nH]c3ccc(O)cc23)C(=O)[O-])c2c(C)cc(=O)oc2c1. The molecule has 4 aromatic rings. The molecule has 2 heterocycles. The highest BCUT2D eigenvalue weighted by atomic mass is 16.5. The number of benzene rings is 2. The van der Waals surface area contributed by atoms with Gasteiger partial charge in [-0.15, -0.1) is 0 Å². The standard InChI is InChI=1S/C25H24N2O7/c1-12-6-20(23-13(2)8-22(29)34-21(23)7-12)33-14(3)24(30)27-19(25(31)32)9-15-11-26-18-5-4-16(28)10-17(15)18/h4-8,10-11,14,19,26,28H,9H2,1-3H3,(H,27,30)(H,31,32)/p-1/t14-,19-/m0/s1. The van der Waals surface area contributed by atoms with Crippen LogP contribution in [0, 0.1) is 13.8 Å². The van der Waals surface area contributed by atoms with E-state index in [-0.39, 0.29) is 12.2 Å². The zero-order valence-electron chi connectivity index (χ0n) is 18.8. The number of aryl methyl sites for hydroxylation is 2. The number of fused-ring (bicyclic) bond motifs is 2. The number of ether oxygens (including phenoxy) is 1. The van der Waals surface area contributed by atoms with Crippen molar-refractivity contribution in [2.24, 2.45) is 0 Å². The maximum Gasteiger partial charge on any atom is 0.336 e. The quantitative estimate of drug-likeness (QED) is 0.355. The van der Waals surface area contributed by atoms with Gasteiger partial charge in [0.15, 0.2) is 6.10 Å². The number of hydrogen-bond donors (Lipinski definition) is 3. The Bertz CT molecular complexity index is 1470. The molecule has 2 aromatic heterocycles. The fourth-order valence-corrected chi connectivity index (χ4v) is 3.95. The van der Waals surface area contributed by atoms with E-state index in [1.807, 2.05) is 0 Å². The van der Waals surface area contributed by atoms with Crippen molar-refractivity contribution < 1.29 is 29.0 Å². The summed E-state index contributed by atoms with van der Waals surface area (Å²) in [6.07, 6.45) is 0.522. The summed E-state index contributed by atoms with van der Waals surface area (Å²) in [5.41, 5.74) is 2.56. The number of amides is 1. The van der Waals surface area contributed by atoms with Crippen molar-refractivity contribution in [3.63, 3.8) is 0 Å². The summed E-state index contributed by atoms with van der Waals surface area (Å²) in [6.45, 7) is 5.02. The maximum absolute atomic E-state index is 12.8. The van der Waals surface area contributed by atoms with Crippen LogP contribution in [0.3, 0.4) is 0 Å². The minimum absolute atomic E-state index is 0.0425. The topological polar surface area (TPSA) is 145 Å². The molecule has 176 valence electrons. The number of nitrogens with one attached hydrogen (secondary N) is 2. The number of carboxylic acids is 1. The minimum atomic E-state index is -1.45. The molecule has 34 heavy (non-hydrogen) atoms. The van der Waals surface area contributed by atoms with Crippen LogP contribution in [0.2, 0.25) is 0 Å². The molecule has 0 aliphatic rings. The average molecular weight is 463 g/mol. The largest absolute Gasteiger partial charge is 0.548 e. The summed E-state index contributed by atoms with van der Waals surface area (Å²) in [5, 5.41) is 25.2. The fourth-order valence-electron chi connectivity index (χ4n) is 3.95. The lowest BCUT2D eigenvalue weighted by atomic mass is 10.0. The average Bonchev–Trinajstić information content (AvgIpc) is 3.13. The van der Waals surface area contributed by atoms with Gasteiger partial charge in [0.1, 0.15) is 17.1 Å². The highest BCUT2D eigenvalue weighted by molar-refractivity contribution is 5.90. The van der Waals surface area contributed by atoms with Gasteiger partial charge >= 0.3 is 5.63 Å². The van der Waals surface area contributed by atoms with E-state index in [2.05, 4.69) is 10.3 Å². The van der Waals surface area contributed by atoms with Crippen molar-refractivity contribution in [3.05, 3.63) is 69.7 Å². The molecule has 0 bridgehead atoms. The van der Waals surface area contributed by atoms with E-state index in [0.29, 0.717) is 33.2 Å². The number of aromatic amines is 1. The number of rotatable bonds is 7. The van der Waals surface area contributed by atoms with E-state index in [9.17, 15) is 24.6 Å². The first kappa shape index (κ1) is 22.9. The van der Waals surface area contributed by atoms with Crippen molar-refractivity contribution in [1.82, 2.24) is 10.3 Å². The number of carbonyl (C=O) groups is 2. The van der Waals surface area contributed by atoms with Crippen LogP contribution in [0.25, 0.3) is 21.9 Å². The number of aliphatic carboxylic acids is 1. The van der Waals surface area contributed by atoms with E-state index in [1.165, 1.54) is 25.1 Å². The van der Waals surface area contributed by atoms with Gasteiger partial charge in [-0.25, -0.2) is 4.79 Å². The third-order valence-corrected chi connectivity index (χ3v) is 5.60. The molecule has 0 aliphatic heterocycles. The van der Waals surface area contributed by atoms with Gasteiger partial charge in [0.2, 0.25) is 0 Å². The Morgan fingerprint density at radius 1 is 1.21 bits per heavy atom. The predicted octanol–water partition coefficient (Wildman–Crippen LogP) is 1.84. The lowest BCUT2D eigenvalue weighted by Gasteiger charge is -2.23. The summed E-state index contributed by atoms with van der Waals surface area (Å²) < 4.78 is 11.1. The second-order valence-electron chi connectivity index (χ2n) is 8.27. The first-order valence-corrected chi connectivity index (χ1v) is 10.6. The summed E-state index contributed by atoms with van der Waals surface area (Å²) in [5.74, 6) is -1.72. The predicted molar refractivity (Wildman–Crippen MR) is 123 cm³/mol. The van der Waals surface area contributed by atoms with Gasteiger partial charge < -0.3 is 34.5 Å².